The lowest BCUT2D eigenvalue weighted by molar-refractivity contribution is -0.385. The Labute approximate surface area is 121 Å². The van der Waals surface area contributed by atoms with Crippen LogP contribution in [0.3, 0.4) is 0 Å². The Balaban J connectivity index is 1.94. The van der Waals surface area contributed by atoms with E-state index in [1.165, 1.54) is 6.07 Å². The summed E-state index contributed by atoms with van der Waals surface area (Å²) in [5.41, 5.74) is 0.379. The van der Waals surface area contributed by atoms with E-state index in [1.54, 1.807) is 30.7 Å². The zero-order chi connectivity index (χ0) is 15.2. The van der Waals surface area contributed by atoms with E-state index in [9.17, 15) is 14.9 Å². The number of para-hydroxylation sites is 1. The van der Waals surface area contributed by atoms with Crippen molar-refractivity contribution in [3.8, 4) is 0 Å². The van der Waals surface area contributed by atoms with Gasteiger partial charge in [0.25, 0.3) is 5.69 Å². The van der Waals surface area contributed by atoms with E-state index in [2.05, 4.69) is 10.3 Å². The van der Waals surface area contributed by atoms with Crippen LogP contribution in [0.5, 0.6) is 0 Å². The van der Waals surface area contributed by atoms with Gasteiger partial charge in [-0.2, -0.15) is 0 Å². The van der Waals surface area contributed by atoms with Gasteiger partial charge in [-0.1, -0.05) is 18.2 Å². The smallest absolute Gasteiger partial charge is 0.273 e. The lowest BCUT2D eigenvalue weighted by Crippen LogP contribution is -2.36. The third kappa shape index (κ3) is 4.13. The highest BCUT2D eigenvalue weighted by Crippen LogP contribution is 2.17. The van der Waals surface area contributed by atoms with Crippen molar-refractivity contribution in [1.29, 1.82) is 0 Å². The minimum absolute atomic E-state index is 0.00851. The van der Waals surface area contributed by atoms with E-state index in [-0.39, 0.29) is 24.1 Å². The van der Waals surface area contributed by atoms with Gasteiger partial charge in [0.2, 0.25) is 5.91 Å². The zero-order valence-electron chi connectivity index (χ0n) is 11.6. The van der Waals surface area contributed by atoms with Crippen LogP contribution < -0.4 is 5.32 Å². The summed E-state index contributed by atoms with van der Waals surface area (Å²) in [5.74, 6) is -0.239. The molecule has 2 aromatic rings. The van der Waals surface area contributed by atoms with Crippen LogP contribution >= 0.6 is 0 Å². The molecule has 0 spiro atoms. The van der Waals surface area contributed by atoms with Gasteiger partial charge in [0.05, 0.1) is 17.7 Å². The maximum Gasteiger partial charge on any atom is 0.273 e. The summed E-state index contributed by atoms with van der Waals surface area (Å²) in [6.07, 6.45) is 5.14. The SMILES string of the molecule is CC(Cn1ccnc1)NC(=O)Cc1ccccc1[N+](=O)[O-]. The van der Waals surface area contributed by atoms with Crippen LogP contribution in [0.15, 0.2) is 43.0 Å². The number of benzene rings is 1. The van der Waals surface area contributed by atoms with Crippen molar-refractivity contribution in [3.05, 3.63) is 58.7 Å². The van der Waals surface area contributed by atoms with Gasteiger partial charge in [0, 0.05) is 36.6 Å². The van der Waals surface area contributed by atoms with Crippen LogP contribution in [0.1, 0.15) is 12.5 Å². The second kappa shape index (κ2) is 6.65. The zero-order valence-corrected chi connectivity index (χ0v) is 11.6. The van der Waals surface area contributed by atoms with Gasteiger partial charge in [-0.05, 0) is 6.92 Å². The summed E-state index contributed by atoms with van der Waals surface area (Å²) in [5, 5.41) is 13.7. The molecule has 0 aliphatic heterocycles. The molecule has 7 nitrogen and oxygen atoms in total. The van der Waals surface area contributed by atoms with Crippen LogP contribution in [-0.2, 0) is 17.8 Å². The van der Waals surface area contributed by atoms with Crippen molar-refractivity contribution in [2.45, 2.75) is 25.9 Å². The molecule has 1 atom stereocenters. The quantitative estimate of drug-likeness (QED) is 0.645. The van der Waals surface area contributed by atoms with Gasteiger partial charge in [-0.3, -0.25) is 14.9 Å². The van der Waals surface area contributed by atoms with Gasteiger partial charge in [-0.15, -0.1) is 0 Å². The van der Waals surface area contributed by atoms with Gasteiger partial charge >= 0.3 is 0 Å². The van der Waals surface area contributed by atoms with E-state index in [1.807, 2.05) is 17.7 Å². The van der Waals surface area contributed by atoms with Gasteiger partial charge in [-0.25, -0.2) is 4.98 Å². The third-order valence-corrected chi connectivity index (χ3v) is 2.99. The van der Waals surface area contributed by atoms with Crippen molar-refractivity contribution < 1.29 is 9.72 Å². The van der Waals surface area contributed by atoms with Crippen LogP contribution in [0.25, 0.3) is 0 Å². The van der Waals surface area contributed by atoms with Crippen LogP contribution in [0.4, 0.5) is 5.69 Å². The van der Waals surface area contributed by atoms with E-state index in [0.717, 1.165) is 0 Å². The molecular formula is C14H16N4O3. The molecule has 0 saturated carbocycles. The fourth-order valence-corrected chi connectivity index (χ4v) is 2.09. The molecule has 0 fully saturated rings. The first kappa shape index (κ1) is 14.7. The van der Waals surface area contributed by atoms with Crippen LogP contribution in [-0.4, -0.2) is 26.4 Å². The Bertz CT molecular complexity index is 625. The van der Waals surface area contributed by atoms with Crippen molar-refractivity contribution in [1.82, 2.24) is 14.9 Å². The third-order valence-electron chi connectivity index (χ3n) is 2.99. The lowest BCUT2D eigenvalue weighted by atomic mass is 10.1. The Hall–Kier alpha value is -2.70. The molecule has 1 unspecified atom stereocenters. The lowest BCUT2D eigenvalue weighted by Gasteiger charge is -2.14. The predicted octanol–water partition coefficient (Wildman–Crippen LogP) is 1.54. The molecule has 2 rings (SSSR count). The number of nitrogens with zero attached hydrogens (tertiary/aromatic N) is 3. The maximum atomic E-state index is 12.0. The predicted molar refractivity (Wildman–Crippen MR) is 76.6 cm³/mol. The molecule has 1 aromatic heterocycles. The first-order chi connectivity index (χ1) is 10.1. The minimum atomic E-state index is -0.475. The van der Waals surface area contributed by atoms with Crippen molar-refractivity contribution in [2.75, 3.05) is 0 Å². The minimum Gasteiger partial charge on any atom is -0.352 e. The number of hydrogen-bond acceptors (Lipinski definition) is 4. The molecule has 0 radical (unpaired) electrons. The molecule has 0 saturated heterocycles. The average Bonchev–Trinajstić information content (AvgIpc) is 2.91. The largest absolute Gasteiger partial charge is 0.352 e. The number of carbonyl (C=O) groups is 1. The first-order valence-electron chi connectivity index (χ1n) is 6.53. The highest BCUT2D eigenvalue weighted by molar-refractivity contribution is 5.80. The Kier molecular flexibility index (Phi) is 4.65. The molecule has 1 amide bonds. The molecule has 110 valence electrons. The molecule has 1 aromatic carbocycles. The van der Waals surface area contributed by atoms with Crippen LogP contribution in [0.2, 0.25) is 0 Å². The van der Waals surface area contributed by atoms with Gasteiger partial charge < -0.3 is 9.88 Å². The summed E-state index contributed by atoms with van der Waals surface area (Å²) < 4.78 is 1.86. The molecule has 1 heterocycles. The number of nitrogens with one attached hydrogen (secondary N) is 1. The van der Waals surface area contributed by atoms with Gasteiger partial charge in [0.1, 0.15) is 0 Å². The van der Waals surface area contributed by atoms with Crippen molar-refractivity contribution >= 4 is 11.6 Å². The second-order valence-corrected chi connectivity index (χ2v) is 4.79. The maximum absolute atomic E-state index is 12.0. The van der Waals surface area contributed by atoms with E-state index in [0.29, 0.717) is 12.1 Å². The molecule has 21 heavy (non-hydrogen) atoms. The van der Waals surface area contributed by atoms with E-state index < -0.39 is 4.92 Å². The number of hydrogen-bond donors (Lipinski definition) is 1. The number of aromatic nitrogens is 2. The molecule has 0 aliphatic rings. The summed E-state index contributed by atoms with van der Waals surface area (Å²) in [6, 6.07) is 6.18. The van der Waals surface area contributed by atoms with Crippen molar-refractivity contribution in [3.63, 3.8) is 0 Å². The van der Waals surface area contributed by atoms with Crippen molar-refractivity contribution in [2.24, 2.45) is 0 Å². The second-order valence-electron chi connectivity index (χ2n) is 4.79. The van der Waals surface area contributed by atoms with E-state index >= 15 is 0 Å². The Morgan fingerprint density at radius 3 is 2.90 bits per heavy atom. The number of imidazole rings is 1. The van der Waals surface area contributed by atoms with Gasteiger partial charge in [0.15, 0.2) is 0 Å². The topological polar surface area (TPSA) is 90.1 Å². The fourth-order valence-electron chi connectivity index (χ4n) is 2.09. The number of nitro benzene ring substituents is 1. The number of rotatable bonds is 6. The standard InChI is InChI=1S/C14H16N4O3/c1-11(9-17-7-6-15-10-17)16-14(19)8-12-4-2-3-5-13(12)18(20)21/h2-7,10-11H,8-9H2,1H3,(H,16,19). The Morgan fingerprint density at radius 1 is 1.48 bits per heavy atom. The number of carbonyl (C=O) groups excluding carboxylic acids is 1. The summed E-state index contributed by atoms with van der Waals surface area (Å²) in [4.78, 5) is 26.3. The highest BCUT2D eigenvalue weighted by atomic mass is 16.6. The average molecular weight is 288 g/mol. The number of amides is 1. The molecule has 0 aliphatic carbocycles. The highest BCUT2D eigenvalue weighted by Gasteiger charge is 2.16. The fraction of sp³-hybridized carbons (Fsp3) is 0.286. The molecule has 7 heteroatoms. The summed E-state index contributed by atoms with van der Waals surface area (Å²) >= 11 is 0. The normalized spacial score (nSPS) is 11.9. The monoisotopic (exact) mass is 288 g/mol. The summed E-state index contributed by atoms with van der Waals surface area (Å²) in [7, 11) is 0. The van der Waals surface area contributed by atoms with Crippen LogP contribution in [0, 0.1) is 10.1 Å². The number of nitro groups is 1. The molecule has 1 N–H and O–H groups in total. The Morgan fingerprint density at radius 2 is 2.24 bits per heavy atom. The molecule has 0 bridgehead atoms. The first-order valence-corrected chi connectivity index (χ1v) is 6.53. The van der Waals surface area contributed by atoms with E-state index in [4.69, 9.17) is 0 Å². The summed E-state index contributed by atoms with van der Waals surface area (Å²) in [6.45, 7) is 2.47. The molecular weight excluding hydrogens is 272 g/mol.